The zero-order valence-corrected chi connectivity index (χ0v) is 21.0. The first kappa shape index (κ1) is 28.9. The molecule has 2 amide bonds. The van der Waals surface area contributed by atoms with Crippen molar-refractivity contribution in [3.63, 3.8) is 0 Å². The van der Waals surface area contributed by atoms with Gasteiger partial charge in [0.05, 0.1) is 43.9 Å². The van der Waals surface area contributed by atoms with Gasteiger partial charge in [-0.05, 0) is 44.0 Å². The number of urea groups is 1. The third-order valence-electron chi connectivity index (χ3n) is 6.00. The van der Waals surface area contributed by atoms with E-state index in [0.717, 1.165) is 10.4 Å². The summed E-state index contributed by atoms with van der Waals surface area (Å²) in [5, 5.41) is 5.90. The molecule has 0 radical (unpaired) electrons. The second kappa shape index (κ2) is 11.4. The number of ether oxygens (including phenoxy) is 2. The fourth-order valence-corrected chi connectivity index (χ4v) is 3.99. The molecule has 0 saturated heterocycles. The minimum absolute atomic E-state index is 0.0322. The van der Waals surface area contributed by atoms with Crippen LogP contribution in [0.25, 0.3) is 16.6 Å². The van der Waals surface area contributed by atoms with E-state index in [1.54, 1.807) is 41.2 Å². The first-order valence-electron chi connectivity index (χ1n) is 11.6. The number of alkyl halides is 6. The zero-order valence-electron chi connectivity index (χ0n) is 21.0. The second-order valence-corrected chi connectivity index (χ2v) is 8.42. The van der Waals surface area contributed by atoms with Gasteiger partial charge in [-0.15, -0.1) is 0 Å². The number of amides is 2. The highest BCUT2D eigenvalue weighted by Crippen LogP contribution is 2.35. The lowest BCUT2D eigenvalue weighted by Crippen LogP contribution is -2.51. The molecule has 1 unspecified atom stereocenters. The van der Waals surface area contributed by atoms with Gasteiger partial charge in [0.2, 0.25) is 5.88 Å². The Kier molecular flexibility index (Phi) is 8.62. The molecular weight excluding hydrogens is 520 g/mol. The Bertz CT molecular complexity index is 1260. The van der Waals surface area contributed by atoms with Crippen molar-refractivity contribution in [1.29, 1.82) is 0 Å². The summed E-state index contributed by atoms with van der Waals surface area (Å²) in [6, 6.07) is 2.28. The third-order valence-corrected chi connectivity index (χ3v) is 6.00. The van der Waals surface area contributed by atoms with Crippen LogP contribution in [0.4, 0.5) is 31.1 Å². The lowest BCUT2D eigenvalue weighted by molar-refractivity contribution is -0.171. The molecule has 0 fully saturated rings. The average Bonchev–Trinajstić information content (AvgIpc) is 3.33. The van der Waals surface area contributed by atoms with Gasteiger partial charge in [-0.1, -0.05) is 0 Å². The van der Waals surface area contributed by atoms with Crippen molar-refractivity contribution in [2.45, 2.75) is 51.1 Å². The number of carbonyl (C=O) groups is 1. The maximum atomic E-state index is 13.4. The van der Waals surface area contributed by atoms with Crippen LogP contribution in [0.3, 0.4) is 0 Å². The number of halogens is 6. The number of nitrogens with zero attached hydrogens (tertiary/aromatic N) is 4. The molecule has 2 atom stereocenters. The molecule has 14 heteroatoms. The topological polar surface area (TPSA) is 81.0 Å². The van der Waals surface area contributed by atoms with Crippen molar-refractivity contribution in [3.8, 4) is 22.8 Å². The van der Waals surface area contributed by atoms with E-state index in [1.165, 1.54) is 27.3 Å². The van der Waals surface area contributed by atoms with Gasteiger partial charge in [0, 0.05) is 24.6 Å². The minimum Gasteiger partial charge on any atom is -0.494 e. The molecule has 3 aromatic heterocycles. The molecule has 3 rings (SSSR count). The predicted molar refractivity (Wildman–Crippen MR) is 126 cm³/mol. The molecular formula is C24H27F6N5O3. The summed E-state index contributed by atoms with van der Waals surface area (Å²) < 4.78 is 90.2. The maximum absolute atomic E-state index is 13.4. The fraction of sp³-hybridized carbons (Fsp3) is 0.458. The summed E-state index contributed by atoms with van der Waals surface area (Å²) in [5.74, 6) is 0.825. The maximum Gasteiger partial charge on any atom is 0.408 e. The Hall–Kier alpha value is -3.71. The number of rotatable bonds is 9. The van der Waals surface area contributed by atoms with Gasteiger partial charge in [0.25, 0.3) is 0 Å². The smallest absolute Gasteiger partial charge is 0.408 e. The summed E-state index contributed by atoms with van der Waals surface area (Å²) in [6.07, 6.45) is -9.85. The number of methoxy groups -OCH3 is 2. The van der Waals surface area contributed by atoms with Gasteiger partial charge in [0.15, 0.2) is 0 Å². The van der Waals surface area contributed by atoms with Gasteiger partial charge in [-0.3, -0.25) is 4.98 Å². The molecule has 1 N–H and O–H groups in total. The number of pyridine rings is 2. The number of fused-ring (bicyclic) bond motifs is 1. The van der Waals surface area contributed by atoms with E-state index in [1.807, 2.05) is 6.07 Å². The second-order valence-electron chi connectivity index (χ2n) is 8.42. The Morgan fingerprint density at radius 3 is 2.42 bits per heavy atom. The molecule has 3 aromatic rings. The van der Waals surface area contributed by atoms with Gasteiger partial charge >= 0.3 is 18.4 Å². The van der Waals surface area contributed by atoms with Crippen LogP contribution in [0.5, 0.6) is 11.6 Å². The Labute approximate surface area is 214 Å². The highest BCUT2D eigenvalue weighted by atomic mass is 19.4. The Morgan fingerprint density at radius 1 is 1.13 bits per heavy atom. The van der Waals surface area contributed by atoms with Crippen LogP contribution in [0.1, 0.15) is 38.4 Å². The predicted octanol–water partition coefficient (Wildman–Crippen LogP) is 5.78. The molecule has 0 aliphatic carbocycles. The minimum atomic E-state index is -5.06. The number of hydrogen-bond donors (Lipinski definition) is 1. The quantitative estimate of drug-likeness (QED) is 0.344. The highest BCUT2D eigenvalue weighted by molar-refractivity contribution is 5.77. The van der Waals surface area contributed by atoms with Crippen LogP contribution >= 0.6 is 0 Å². The third kappa shape index (κ3) is 6.58. The molecule has 0 bridgehead atoms. The van der Waals surface area contributed by atoms with Crippen LogP contribution in [0.15, 0.2) is 36.7 Å². The van der Waals surface area contributed by atoms with E-state index in [0.29, 0.717) is 28.5 Å². The van der Waals surface area contributed by atoms with Crippen molar-refractivity contribution < 1.29 is 40.6 Å². The van der Waals surface area contributed by atoms with Gasteiger partial charge in [-0.25, -0.2) is 9.31 Å². The van der Waals surface area contributed by atoms with Crippen LogP contribution < -0.4 is 14.8 Å². The number of nitrogens with one attached hydrogen (secondary N) is 1. The number of aromatic nitrogens is 3. The van der Waals surface area contributed by atoms with E-state index in [4.69, 9.17) is 9.47 Å². The monoisotopic (exact) mass is 547 g/mol. The molecule has 208 valence electrons. The largest absolute Gasteiger partial charge is 0.494 e. The molecule has 0 aliphatic heterocycles. The van der Waals surface area contributed by atoms with E-state index in [-0.39, 0.29) is 6.54 Å². The van der Waals surface area contributed by atoms with Crippen molar-refractivity contribution in [1.82, 2.24) is 24.8 Å². The molecule has 0 spiro atoms. The van der Waals surface area contributed by atoms with Crippen molar-refractivity contribution in [3.05, 3.63) is 42.4 Å². The van der Waals surface area contributed by atoms with E-state index in [2.05, 4.69) is 10.1 Å². The van der Waals surface area contributed by atoms with Crippen LogP contribution in [0, 0.1) is 0 Å². The average molecular weight is 548 g/mol. The lowest BCUT2D eigenvalue weighted by atomic mass is 10.0. The summed E-state index contributed by atoms with van der Waals surface area (Å²) in [6.45, 7) is 3.06. The molecule has 0 aliphatic rings. The summed E-state index contributed by atoms with van der Waals surface area (Å²) in [5.41, 5.74) is 2.28. The zero-order chi connectivity index (χ0) is 28.3. The SMILES string of the molecule is CCN(C(=O)NC(CCC(F)(F)F)C(F)(F)F)[C@H](C)c1cc(-c2cc(OC)n3nccc3c2)c(OC)cn1. The molecule has 0 aromatic carbocycles. The molecule has 8 nitrogen and oxygen atoms in total. The standard InChI is InChI=1S/C24H27F6N5O3/c1-5-34(22(36)33-20(24(28,29)30)6-8-23(25,26)27)14(2)18-12-17(19(37-3)13-31-18)15-10-16-7-9-32-35(16)21(11-15)38-4/h7,9-14,20H,5-6,8H2,1-4H3,(H,33,36)/t14-,20?/m1/s1. The van der Waals surface area contributed by atoms with Crippen LogP contribution in [0.2, 0.25) is 0 Å². The van der Waals surface area contributed by atoms with E-state index < -0.39 is 43.3 Å². The Morgan fingerprint density at radius 2 is 1.84 bits per heavy atom. The molecule has 38 heavy (non-hydrogen) atoms. The molecule has 3 heterocycles. The number of hydrogen-bond acceptors (Lipinski definition) is 5. The lowest BCUT2D eigenvalue weighted by Gasteiger charge is -2.31. The first-order chi connectivity index (χ1) is 17.8. The fourth-order valence-electron chi connectivity index (χ4n) is 3.99. The van der Waals surface area contributed by atoms with E-state index >= 15 is 0 Å². The van der Waals surface area contributed by atoms with Crippen LogP contribution in [-0.2, 0) is 0 Å². The van der Waals surface area contributed by atoms with Crippen molar-refractivity contribution in [2.75, 3.05) is 20.8 Å². The summed E-state index contributed by atoms with van der Waals surface area (Å²) in [7, 11) is 2.93. The number of carbonyl (C=O) groups excluding carboxylic acids is 1. The van der Waals surface area contributed by atoms with Gasteiger partial charge in [0.1, 0.15) is 11.8 Å². The van der Waals surface area contributed by atoms with E-state index in [9.17, 15) is 31.1 Å². The first-order valence-corrected chi connectivity index (χ1v) is 11.6. The highest BCUT2D eigenvalue weighted by Gasteiger charge is 2.43. The van der Waals surface area contributed by atoms with Gasteiger partial charge in [-0.2, -0.15) is 31.4 Å². The van der Waals surface area contributed by atoms with Crippen LogP contribution in [-0.4, -0.2) is 64.7 Å². The van der Waals surface area contributed by atoms with Crippen molar-refractivity contribution >= 4 is 11.5 Å². The Balaban J connectivity index is 1.92. The van der Waals surface area contributed by atoms with Gasteiger partial charge < -0.3 is 19.7 Å². The van der Waals surface area contributed by atoms with Crippen molar-refractivity contribution in [2.24, 2.45) is 0 Å². The molecule has 0 saturated carbocycles. The summed E-state index contributed by atoms with van der Waals surface area (Å²) in [4.78, 5) is 18.2. The summed E-state index contributed by atoms with van der Waals surface area (Å²) >= 11 is 0. The normalized spacial score (nSPS) is 13.7.